The maximum atomic E-state index is 12.0. The topological polar surface area (TPSA) is 67.4 Å². The summed E-state index contributed by atoms with van der Waals surface area (Å²) in [7, 11) is 0. The van der Waals surface area contributed by atoms with Crippen LogP contribution in [0.4, 0.5) is 5.69 Å². The summed E-state index contributed by atoms with van der Waals surface area (Å²) in [5.41, 5.74) is 3.10. The molecule has 0 fully saturated rings. The van der Waals surface area contributed by atoms with Gasteiger partial charge in [0, 0.05) is 5.56 Å². The van der Waals surface area contributed by atoms with Gasteiger partial charge in [-0.2, -0.15) is 0 Å². The van der Waals surface area contributed by atoms with E-state index in [2.05, 4.69) is 17.7 Å². The molecule has 0 unspecified atom stereocenters. The third-order valence-electron chi connectivity index (χ3n) is 4.18. The average Bonchev–Trinajstić information content (AvgIpc) is 2.64. The van der Waals surface area contributed by atoms with E-state index in [0.29, 0.717) is 22.9 Å². The van der Waals surface area contributed by atoms with Gasteiger partial charge < -0.3 is 5.32 Å². The van der Waals surface area contributed by atoms with Gasteiger partial charge in [-0.1, -0.05) is 76.3 Å². The summed E-state index contributed by atoms with van der Waals surface area (Å²) in [4.78, 5) is 27.6. The highest BCUT2D eigenvalue weighted by Gasteiger charge is 2.09. The number of amides is 2. The quantitative estimate of drug-likeness (QED) is 0.243. The Kier molecular flexibility index (Phi) is 12.6. The summed E-state index contributed by atoms with van der Waals surface area (Å²) < 4.78 is 0. The molecule has 0 aliphatic carbocycles. The Bertz CT molecular complexity index is 538. The second-order valence-electron chi connectivity index (χ2n) is 6.38. The number of hydroxylamine groups is 1. The molecule has 2 amide bonds. The highest BCUT2D eigenvalue weighted by molar-refractivity contribution is 6.33. The SMILES string of the molecule is CCCCCCCCCCCCONC(=O)c1ccc(Cl)c(N[C]=O)c1. The molecule has 0 atom stereocenters. The van der Waals surface area contributed by atoms with Gasteiger partial charge in [-0.05, 0) is 24.6 Å². The second kappa shape index (κ2) is 14.6. The van der Waals surface area contributed by atoms with Crippen molar-refractivity contribution < 1.29 is 14.4 Å². The molecule has 1 aromatic rings. The molecule has 26 heavy (non-hydrogen) atoms. The molecule has 0 saturated carbocycles. The lowest BCUT2D eigenvalue weighted by atomic mass is 10.1. The molecular formula is C20H30ClN2O3. The van der Waals surface area contributed by atoms with Gasteiger partial charge >= 0.3 is 6.41 Å². The Morgan fingerprint density at radius 2 is 1.65 bits per heavy atom. The summed E-state index contributed by atoms with van der Waals surface area (Å²) in [5.74, 6) is -0.373. The van der Waals surface area contributed by atoms with Gasteiger partial charge in [0.1, 0.15) is 0 Å². The maximum absolute atomic E-state index is 12.0. The number of hydrogen-bond donors (Lipinski definition) is 2. The zero-order valence-electron chi connectivity index (χ0n) is 15.6. The average molecular weight is 382 g/mol. The van der Waals surface area contributed by atoms with Crippen molar-refractivity contribution in [3.05, 3.63) is 28.8 Å². The van der Waals surface area contributed by atoms with E-state index >= 15 is 0 Å². The Labute approximate surface area is 161 Å². The van der Waals surface area contributed by atoms with Crippen molar-refractivity contribution in [2.24, 2.45) is 0 Å². The minimum atomic E-state index is -0.373. The van der Waals surface area contributed by atoms with Gasteiger partial charge in [0.05, 0.1) is 17.3 Å². The molecule has 1 rings (SSSR count). The Morgan fingerprint density at radius 3 is 2.27 bits per heavy atom. The molecule has 0 aliphatic heterocycles. The van der Waals surface area contributed by atoms with Crippen molar-refractivity contribution in [3.63, 3.8) is 0 Å². The smallest absolute Gasteiger partial charge is 0.314 e. The maximum Gasteiger partial charge on any atom is 0.314 e. The van der Waals surface area contributed by atoms with Crippen LogP contribution in [0, 0.1) is 0 Å². The Morgan fingerprint density at radius 1 is 1.04 bits per heavy atom. The largest absolute Gasteiger partial charge is 0.316 e. The van der Waals surface area contributed by atoms with Gasteiger partial charge in [-0.15, -0.1) is 0 Å². The molecule has 0 aromatic heterocycles. The highest BCUT2D eigenvalue weighted by atomic mass is 35.5. The molecule has 1 aromatic carbocycles. The molecule has 2 N–H and O–H groups in total. The van der Waals surface area contributed by atoms with E-state index in [4.69, 9.17) is 16.4 Å². The number of unbranched alkanes of at least 4 members (excludes halogenated alkanes) is 9. The summed E-state index contributed by atoms with van der Waals surface area (Å²) in [5, 5.41) is 2.67. The zero-order chi connectivity index (χ0) is 19.0. The summed E-state index contributed by atoms with van der Waals surface area (Å²) in [6, 6.07) is 4.59. The minimum absolute atomic E-state index is 0.337. The normalized spacial score (nSPS) is 10.5. The fourth-order valence-corrected chi connectivity index (χ4v) is 2.82. The minimum Gasteiger partial charge on any atom is -0.316 e. The number of carbonyl (C=O) groups excluding carboxylic acids is 2. The standard InChI is InChI=1S/C20H30ClN2O3/c1-2-3-4-5-6-7-8-9-10-11-14-26-23-20(25)17-12-13-18(21)19(15-17)22-16-24/h12-13,15H,2-11,14H2,1H3,(H,22,24)(H,23,25). The molecular weight excluding hydrogens is 352 g/mol. The van der Waals surface area contributed by atoms with E-state index < -0.39 is 0 Å². The zero-order valence-corrected chi connectivity index (χ0v) is 16.4. The lowest BCUT2D eigenvalue weighted by molar-refractivity contribution is 0.0297. The predicted molar refractivity (Wildman–Crippen MR) is 106 cm³/mol. The number of rotatable bonds is 15. The van der Waals surface area contributed by atoms with Gasteiger partial charge in [-0.3, -0.25) is 14.4 Å². The fraction of sp³-hybridized carbons (Fsp3) is 0.600. The van der Waals surface area contributed by atoms with E-state index in [1.54, 1.807) is 12.1 Å². The molecule has 0 aliphatic rings. The molecule has 0 saturated heterocycles. The van der Waals surface area contributed by atoms with E-state index in [1.807, 2.05) is 0 Å². The molecule has 0 bridgehead atoms. The van der Waals surface area contributed by atoms with E-state index in [0.717, 1.165) is 12.8 Å². The van der Waals surface area contributed by atoms with Gasteiger partial charge in [0.2, 0.25) is 0 Å². The highest BCUT2D eigenvalue weighted by Crippen LogP contribution is 2.22. The Hall–Kier alpha value is -1.59. The number of halogens is 1. The summed E-state index contributed by atoms with van der Waals surface area (Å²) in [6.45, 7) is 2.73. The first kappa shape index (κ1) is 22.5. The van der Waals surface area contributed by atoms with Crippen molar-refractivity contribution in [2.45, 2.75) is 71.1 Å². The van der Waals surface area contributed by atoms with Crippen LogP contribution in [-0.2, 0) is 9.63 Å². The van der Waals surface area contributed by atoms with Crippen molar-refractivity contribution in [1.82, 2.24) is 5.48 Å². The third-order valence-corrected chi connectivity index (χ3v) is 4.51. The second-order valence-corrected chi connectivity index (χ2v) is 6.79. The van der Waals surface area contributed by atoms with Crippen molar-refractivity contribution in [2.75, 3.05) is 11.9 Å². The van der Waals surface area contributed by atoms with Gasteiger partial charge in [-0.25, -0.2) is 5.48 Å². The molecule has 0 heterocycles. The van der Waals surface area contributed by atoms with Crippen LogP contribution in [0.3, 0.4) is 0 Å². The number of benzene rings is 1. The summed E-state index contributed by atoms with van der Waals surface area (Å²) >= 11 is 5.90. The molecule has 1 radical (unpaired) electrons. The molecule has 145 valence electrons. The number of carbonyl (C=O) groups is 1. The molecule has 6 heteroatoms. The van der Waals surface area contributed by atoms with Crippen LogP contribution in [0.25, 0.3) is 0 Å². The van der Waals surface area contributed by atoms with E-state index in [-0.39, 0.29) is 5.91 Å². The monoisotopic (exact) mass is 381 g/mol. The summed E-state index contributed by atoms with van der Waals surface area (Å²) in [6.07, 6.45) is 14.1. The van der Waals surface area contributed by atoms with Crippen LogP contribution in [0.5, 0.6) is 0 Å². The lowest BCUT2D eigenvalue weighted by Gasteiger charge is -2.08. The molecule has 0 spiro atoms. The predicted octanol–water partition coefficient (Wildman–Crippen LogP) is 5.40. The van der Waals surface area contributed by atoms with E-state index in [1.165, 1.54) is 63.8 Å². The van der Waals surface area contributed by atoms with E-state index in [9.17, 15) is 9.59 Å². The van der Waals surface area contributed by atoms with Crippen molar-refractivity contribution >= 4 is 29.6 Å². The number of anilines is 1. The van der Waals surface area contributed by atoms with Crippen LogP contribution in [0.15, 0.2) is 18.2 Å². The number of hydrogen-bond acceptors (Lipinski definition) is 3. The first-order chi connectivity index (χ1) is 12.7. The Balaban J connectivity index is 2.06. The van der Waals surface area contributed by atoms with Crippen LogP contribution in [-0.4, -0.2) is 18.9 Å². The van der Waals surface area contributed by atoms with Gasteiger partial charge in [0.15, 0.2) is 0 Å². The van der Waals surface area contributed by atoms with Crippen LogP contribution in [0.2, 0.25) is 5.02 Å². The van der Waals surface area contributed by atoms with Crippen molar-refractivity contribution in [1.29, 1.82) is 0 Å². The lowest BCUT2D eigenvalue weighted by Crippen LogP contribution is -2.24. The van der Waals surface area contributed by atoms with Crippen molar-refractivity contribution in [3.8, 4) is 0 Å². The van der Waals surface area contributed by atoms with Crippen LogP contribution < -0.4 is 10.8 Å². The van der Waals surface area contributed by atoms with Crippen LogP contribution >= 0.6 is 11.6 Å². The third kappa shape index (κ3) is 9.78. The first-order valence-corrected chi connectivity index (χ1v) is 9.91. The molecule has 5 nitrogen and oxygen atoms in total. The number of nitrogens with one attached hydrogen (secondary N) is 2. The van der Waals surface area contributed by atoms with Gasteiger partial charge in [0.25, 0.3) is 5.91 Å². The fourth-order valence-electron chi connectivity index (χ4n) is 2.65. The van der Waals surface area contributed by atoms with Crippen LogP contribution in [0.1, 0.15) is 81.5 Å². The first-order valence-electron chi connectivity index (χ1n) is 9.54.